The number of hydrogen-bond acceptors (Lipinski definition) is 4. The Morgan fingerprint density at radius 3 is 1.94 bits per heavy atom. The SMILES string of the molecule is [2H]c1c([2H])c([2H])c(-c2cc(-c3cccnc3)c(NSc3ccc(Cl)cc3Cl)c(-c3cccnc3)c2)c([2H])c1[2H]. The van der Waals surface area contributed by atoms with Gasteiger partial charge in [0.1, 0.15) is 0 Å². The van der Waals surface area contributed by atoms with Crippen molar-refractivity contribution in [3.63, 3.8) is 0 Å². The molecule has 5 rings (SSSR count). The van der Waals surface area contributed by atoms with Gasteiger partial charge in [-0.1, -0.05) is 65.5 Å². The van der Waals surface area contributed by atoms with Crippen molar-refractivity contribution >= 4 is 40.8 Å². The molecule has 0 aliphatic rings. The summed E-state index contributed by atoms with van der Waals surface area (Å²) in [5.41, 5.74) is 4.24. The van der Waals surface area contributed by atoms with E-state index in [0.29, 0.717) is 32.4 Å². The van der Waals surface area contributed by atoms with E-state index in [1.54, 1.807) is 49.1 Å². The summed E-state index contributed by atoms with van der Waals surface area (Å²) in [5, 5.41) is 1.01. The number of rotatable bonds is 6. The molecule has 0 radical (unpaired) electrons. The van der Waals surface area contributed by atoms with E-state index in [4.69, 9.17) is 30.1 Å². The van der Waals surface area contributed by atoms with Crippen molar-refractivity contribution in [2.45, 2.75) is 4.90 Å². The van der Waals surface area contributed by atoms with Gasteiger partial charge in [0.15, 0.2) is 0 Å². The van der Waals surface area contributed by atoms with Crippen molar-refractivity contribution in [3.8, 4) is 33.4 Å². The normalized spacial score (nSPS) is 12.8. The number of pyridine rings is 2. The van der Waals surface area contributed by atoms with E-state index in [2.05, 4.69) is 14.7 Å². The Labute approximate surface area is 220 Å². The summed E-state index contributed by atoms with van der Waals surface area (Å²) in [6, 6.07) is 14.5. The van der Waals surface area contributed by atoms with Gasteiger partial charge in [-0.05, 0) is 65.5 Å². The molecular formula is C28H19Cl2N3S. The standard InChI is InChI=1S/C28H19Cl2N3S/c29-23-10-11-27(26(30)16-23)34-33-28-24(20-8-4-12-31-17-20)14-22(19-6-2-1-3-7-19)15-25(28)21-9-5-13-32-18-21/h1-18,33H/i1D,2D,3D,6D,7D. The number of anilines is 1. The average molecular weight is 505 g/mol. The highest BCUT2D eigenvalue weighted by Crippen LogP contribution is 2.43. The first-order valence-electron chi connectivity index (χ1n) is 12.7. The molecule has 0 atom stereocenters. The zero-order chi connectivity index (χ0) is 27.7. The number of benzene rings is 3. The lowest BCUT2D eigenvalue weighted by molar-refractivity contribution is 1.32. The van der Waals surface area contributed by atoms with Gasteiger partial charge in [0.05, 0.1) is 17.6 Å². The van der Waals surface area contributed by atoms with Crippen LogP contribution in [-0.2, 0) is 0 Å². The molecule has 0 spiro atoms. The average Bonchev–Trinajstić information content (AvgIpc) is 2.95. The second kappa shape index (κ2) is 10.3. The maximum Gasteiger partial charge on any atom is 0.0629 e. The highest BCUT2D eigenvalue weighted by Gasteiger charge is 2.16. The molecule has 166 valence electrons. The van der Waals surface area contributed by atoms with Crippen molar-refractivity contribution in [2.24, 2.45) is 0 Å². The summed E-state index contributed by atoms with van der Waals surface area (Å²) in [5.74, 6) is 0. The number of hydrogen-bond donors (Lipinski definition) is 1. The minimum absolute atomic E-state index is 0.108. The van der Waals surface area contributed by atoms with Crippen LogP contribution in [0.1, 0.15) is 6.85 Å². The molecule has 2 aromatic heterocycles. The highest BCUT2D eigenvalue weighted by atomic mass is 35.5. The Balaban J connectivity index is 1.78. The van der Waals surface area contributed by atoms with Crippen LogP contribution >= 0.6 is 35.1 Å². The van der Waals surface area contributed by atoms with Gasteiger partial charge < -0.3 is 4.72 Å². The van der Waals surface area contributed by atoms with Crippen LogP contribution in [0.5, 0.6) is 0 Å². The van der Waals surface area contributed by atoms with E-state index in [9.17, 15) is 0 Å². The number of halogens is 2. The summed E-state index contributed by atoms with van der Waals surface area (Å²) < 4.78 is 45.0. The Morgan fingerprint density at radius 2 is 1.38 bits per heavy atom. The number of aromatic nitrogens is 2. The van der Waals surface area contributed by atoms with E-state index >= 15 is 0 Å². The van der Waals surface area contributed by atoms with Crippen LogP contribution in [0.15, 0.2) is 114 Å². The summed E-state index contributed by atoms with van der Waals surface area (Å²) in [6.07, 6.45) is 6.75. The first-order chi connectivity index (χ1) is 18.8. The summed E-state index contributed by atoms with van der Waals surface area (Å²) in [4.78, 5) is 9.32. The third-order valence-corrected chi connectivity index (χ3v) is 6.57. The van der Waals surface area contributed by atoms with Crippen molar-refractivity contribution in [2.75, 3.05) is 4.72 Å². The molecule has 6 heteroatoms. The molecule has 0 aliphatic carbocycles. The first-order valence-corrected chi connectivity index (χ1v) is 11.8. The van der Waals surface area contributed by atoms with Crippen molar-refractivity contribution in [1.82, 2.24) is 9.97 Å². The minimum atomic E-state index is -0.441. The van der Waals surface area contributed by atoms with Gasteiger partial charge in [0.2, 0.25) is 0 Å². The topological polar surface area (TPSA) is 37.8 Å². The quantitative estimate of drug-likeness (QED) is 0.234. The second-order valence-electron chi connectivity index (χ2n) is 7.21. The lowest BCUT2D eigenvalue weighted by Crippen LogP contribution is -1.97. The predicted molar refractivity (Wildman–Crippen MR) is 144 cm³/mol. The van der Waals surface area contributed by atoms with Gasteiger partial charge in [0, 0.05) is 57.0 Å². The fourth-order valence-corrected chi connectivity index (χ4v) is 4.70. The Hall–Kier alpha value is -3.31. The maximum atomic E-state index is 8.57. The molecule has 0 bridgehead atoms. The third-order valence-electron chi connectivity index (χ3n) is 5.03. The Bertz CT molecular complexity index is 1600. The van der Waals surface area contributed by atoms with Crippen molar-refractivity contribution < 1.29 is 6.85 Å². The van der Waals surface area contributed by atoms with Crippen LogP contribution in [0.4, 0.5) is 5.69 Å². The molecule has 0 saturated carbocycles. The van der Waals surface area contributed by atoms with Gasteiger partial charge >= 0.3 is 0 Å². The molecule has 3 aromatic carbocycles. The van der Waals surface area contributed by atoms with Crippen LogP contribution < -0.4 is 4.72 Å². The lowest BCUT2D eigenvalue weighted by Gasteiger charge is -2.19. The fourth-order valence-electron chi connectivity index (χ4n) is 3.45. The van der Waals surface area contributed by atoms with E-state index < -0.39 is 18.1 Å². The molecule has 0 amide bonds. The minimum Gasteiger partial charge on any atom is -0.324 e. The van der Waals surface area contributed by atoms with Gasteiger partial charge in [-0.3, -0.25) is 9.97 Å². The van der Waals surface area contributed by atoms with Crippen LogP contribution in [-0.4, -0.2) is 9.97 Å². The van der Waals surface area contributed by atoms with Gasteiger partial charge in [-0.25, -0.2) is 0 Å². The van der Waals surface area contributed by atoms with E-state index in [-0.39, 0.29) is 17.6 Å². The molecule has 1 N–H and O–H groups in total. The monoisotopic (exact) mass is 504 g/mol. The lowest BCUT2D eigenvalue weighted by atomic mass is 9.92. The van der Waals surface area contributed by atoms with Crippen LogP contribution in [0.25, 0.3) is 33.4 Å². The molecule has 3 nitrogen and oxygen atoms in total. The number of nitrogens with zero attached hydrogens (tertiary/aromatic N) is 2. The molecule has 5 aromatic rings. The maximum absolute atomic E-state index is 8.57. The van der Waals surface area contributed by atoms with Crippen LogP contribution in [0.2, 0.25) is 10.0 Å². The third kappa shape index (κ3) is 4.95. The second-order valence-corrected chi connectivity index (χ2v) is 8.90. The molecule has 0 saturated heterocycles. The summed E-state index contributed by atoms with van der Waals surface area (Å²) in [7, 11) is 0. The zero-order valence-corrected chi connectivity index (χ0v) is 19.9. The van der Waals surface area contributed by atoms with Crippen LogP contribution in [0.3, 0.4) is 0 Å². The molecule has 2 heterocycles. The Kier molecular flexibility index (Phi) is 5.21. The van der Waals surface area contributed by atoms with E-state index in [0.717, 1.165) is 16.0 Å². The highest BCUT2D eigenvalue weighted by molar-refractivity contribution is 8.00. The molecular weight excluding hydrogens is 481 g/mol. The van der Waals surface area contributed by atoms with Gasteiger partial charge in [-0.15, -0.1) is 0 Å². The Morgan fingerprint density at radius 1 is 0.735 bits per heavy atom. The largest absolute Gasteiger partial charge is 0.324 e. The van der Waals surface area contributed by atoms with Gasteiger partial charge in [-0.2, -0.15) is 0 Å². The van der Waals surface area contributed by atoms with Gasteiger partial charge in [0.25, 0.3) is 0 Å². The van der Waals surface area contributed by atoms with Crippen LogP contribution in [0, 0.1) is 0 Å². The fraction of sp³-hybridized carbons (Fsp3) is 0. The smallest absolute Gasteiger partial charge is 0.0629 e. The zero-order valence-electron chi connectivity index (χ0n) is 22.6. The van der Waals surface area contributed by atoms with E-state index in [1.165, 1.54) is 11.9 Å². The number of nitrogens with one attached hydrogen (secondary N) is 1. The van der Waals surface area contributed by atoms with Crippen molar-refractivity contribution in [1.29, 1.82) is 0 Å². The molecule has 34 heavy (non-hydrogen) atoms. The van der Waals surface area contributed by atoms with E-state index in [1.807, 2.05) is 30.3 Å². The molecule has 0 fully saturated rings. The predicted octanol–water partition coefficient (Wildman–Crippen LogP) is 8.90. The first kappa shape index (κ1) is 17.2. The molecule has 0 unspecified atom stereocenters. The molecule has 0 aliphatic heterocycles. The van der Waals surface area contributed by atoms with Crippen molar-refractivity contribution in [3.05, 3.63) is 120 Å². The summed E-state index contributed by atoms with van der Waals surface area (Å²) in [6.45, 7) is 0. The summed E-state index contributed by atoms with van der Waals surface area (Å²) >= 11 is 13.8.